The van der Waals surface area contributed by atoms with Crippen molar-refractivity contribution in [3.8, 4) is 6.07 Å². The topological polar surface area (TPSA) is 59.0 Å². The Morgan fingerprint density at radius 1 is 1.14 bits per heavy atom. The van der Waals surface area contributed by atoms with Crippen LogP contribution < -0.4 is 9.72 Å². The number of nitrogens with zero attached hydrogens (tertiary/aromatic N) is 3. The smallest absolute Gasteiger partial charge is 0.250 e. The molecule has 154 valence electrons. The first kappa shape index (κ1) is 21.1. The maximum Gasteiger partial charge on any atom is 0.250 e. The minimum atomic E-state index is 0.752. The first-order valence-corrected chi connectivity index (χ1v) is 11.0. The number of H-pyrrole nitrogens is 1. The molecule has 5 nitrogen and oxygen atoms in total. The summed E-state index contributed by atoms with van der Waals surface area (Å²) in [7, 11) is 0. The van der Waals surface area contributed by atoms with Gasteiger partial charge in [-0.15, -0.1) is 0 Å². The Bertz CT molecular complexity index is 1010. The highest BCUT2D eigenvalue weighted by atomic mass is 15.2. The number of pyridine rings is 1. The molecule has 0 saturated carbocycles. The van der Waals surface area contributed by atoms with Gasteiger partial charge in [0, 0.05) is 12.1 Å². The average Bonchev–Trinajstić information content (AvgIpc) is 3.12. The Hall–Kier alpha value is -2.58. The zero-order valence-electron chi connectivity index (χ0n) is 18.3. The molecule has 0 aliphatic rings. The molecule has 3 rings (SSSR count). The summed E-state index contributed by atoms with van der Waals surface area (Å²) >= 11 is 0. The van der Waals surface area contributed by atoms with Crippen LogP contribution in [0, 0.1) is 18.3 Å². The molecule has 2 aromatic heterocycles. The highest BCUT2D eigenvalue weighted by Crippen LogP contribution is 2.27. The number of hydrogen-bond acceptors (Lipinski definition) is 3. The lowest BCUT2D eigenvalue weighted by Gasteiger charge is -2.18. The van der Waals surface area contributed by atoms with E-state index in [0.29, 0.717) is 0 Å². The summed E-state index contributed by atoms with van der Waals surface area (Å²) in [4.78, 5) is 5.91. The van der Waals surface area contributed by atoms with Gasteiger partial charge in [0.15, 0.2) is 0 Å². The van der Waals surface area contributed by atoms with E-state index in [2.05, 4.69) is 71.6 Å². The van der Waals surface area contributed by atoms with Gasteiger partial charge in [-0.25, -0.2) is 0 Å². The van der Waals surface area contributed by atoms with Gasteiger partial charge in [-0.2, -0.15) is 9.66 Å². The number of hydrogen-bond donors (Lipinski definition) is 2. The molecular weight excluding hydrogens is 358 g/mol. The van der Waals surface area contributed by atoms with Gasteiger partial charge in [0.2, 0.25) is 11.5 Å². The number of rotatable bonds is 10. The van der Waals surface area contributed by atoms with Gasteiger partial charge in [0.05, 0.1) is 6.54 Å². The lowest BCUT2D eigenvalue weighted by atomic mass is 9.99. The lowest BCUT2D eigenvalue weighted by molar-refractivity contribution is -0.465. The van der Waals surface area contributed by atoms with Crippen LogP contribution in [0.5, 0.6) is 0 Å². The zero-order valence-corrected chi connectivity index (χ0v) is 18.3. The molecule has 5 heteroatoms. The highest BCUT2D eigenvalue weighted by Gasteiger charge is 2.25. The van der Waals surface area contributed by atoms with Crippen molar-refractivity contribution >= 4 is 22.5 Å². The number of benzene rings is 1. The van der Waals surface area contributed by atoms with E-state index in [1.165, 1.54) is 18.4 Å². The predicted octanol–water partition coefficient (Wildman–Crippen LogP) is 4.57. The van der Waals surface area contributed by atoms with Crippen LogP contribution in [0.25, 0.3) is 16.7 Å². The van der Waals surface area contributed by atoms with E-state index < -0.39 is 0 Å². The summed E-state index contributed by atoms with van der Waals surface area (Å²) in [5.41, 5.74) is 6.18. The third-order valence-electron chi connectivity index (χ3n) is 5.95. The molecule has 0 bridgehead atoms. The summed E-state index contributed by atoms with van der Waals surface area (Å²) in [6, 6.07) is 10.8. The van der Waals surface area contributed by atoms with E-state index in [4.69, 9.17) is 0 Å². The maximum atomic E-state index is 9.93. The van der Waals surface area contributed by atoms with Crippen LogP contribution in [-0.4, -0.2) is 36.1 Å². The Morgan fingerprint density at radius 2 is 1.90 bits per heavy atom. The number of aromatic nitrogens is 2. The Labute approximate surface area is 174 Å². The first-order chi connectivity index (χ1) is 14.2. The standard InChI is InChI=1S/C24H33N5/c1-5-8-9-12-19-18(4)20(17-25)24-27-21-13-10-11-14-22(21)29(24)23(19)26-15-16-28(6-2)7-3/h10-11,13-14H,5-9,12,15-16H2,1-4H3,(H,26,27)/p+1. The van der Waals surface area contributed by atoms with Crippen LogP contribution in [0.1, 0.15) is 56.7 Å². The molecule has 0 unspecified atom stereocenters. The fourth-order valence-corrected chi connectivity index (χ4v) is 4.18. The summed E-state index contributed by atoms with van der Waals surface area (Å²) in [6.45, 7) is 12.7. The molecule has 0 amide bonds. The van der Waals surface area contributed by atoms with Crippen LogP contribution in [0.4, 0.5) is 5.82 Å². The van der Waals surface area contributed by atoms with E-state index in [1.54, 1.807) is 0 Å². The fraction of sp³-hybridized carbons (Fsp3) is 0.500. The van der Waals surface area contributed by atoms with Crippen molar-refractivity contribution in [3.05, 3.63) is 41.0 Å². The minimum Gasteiger partial charge on any atom is -0.304 e. The molecule has 29 heavy (non-hydrogen) atoms. The van der Waals surface area contributed by atoms with E-state index in [1.807, 2.05) is 6.07 Å². The Balaban J connectivity index is 2.15. The molecule has 0 aliphatic heterocycles. The average molecular weight is 393 g/mol. The molecule has 0 spiro atoms. The van der Waals surface area contributed by atoms with Crippen LogP contribution in [-0.2, 0) is 6.42 Å². The molecule has 0 atom stereocenters. The van der Waals surface area contributed by atoms with Gasteiger partial charge in [-0.05, 0) is 50.6 Å². The number of anilines is 1. The molecule has 1 aromatic carbocycles. The number of nitriles is 1. The first-order valence-electron chi connectivity index (χ1n) is 11.0. The second-order valence-electron chi connectivity index (χ2n) is 7.68. The van der Waals surface area contributed by atoms with E-state index in [0.717, 1.165) is 72.6 Å². The van der Waals surface area contributed by atoms with E-state index >= 15 is 0 Å². The van der Waals surface area contributed by atoms with Crippen LogP contribution in [0.15, 0.2) is 24.3 Å². The lowest BCUT2D eigenvalue weighted by Crippen LogP contribution is -2.34. The quantitative estimate of drug-likeness (QED) is 0.392. The van der Waals surface area contributed by atoms with Crippen LogP contribution >= 0.6 is 0 Å². The number of imidazole rings is 1. The molecular formula is C24H34N5+. The summed E-state index contributed by atoms with van der Waals surface area (Å²) < 4.78 is 2.23. The largest absolute Gasteiger partial charge is 0.304 e. The van der Waals surface area contributed by atoms with Gasteiger partial charge in [-0.1, -0.05) is 45.7 Å². The second-order valence-corrected chi connectivity index (χ2v) is 7.68. The fourth-order valence-electron chi connectivity index (χ4n) is 4.18. The van der Waals surface area contributed by atoms with E-state index in [9.17, 15) is 5.26 Å². The van der Waals surface area contributed by atoms with Crippen molar-refractivity contribution in [1.29, 1.82) is 5.26 Å². The van der Waals surface area contributed by atoms with Crippen molar-refractivity contribution in [1.82, 2.24) is 9.88 Å². The van der Waals surface area contributed by atoms with Crippen molar-refractivity contribution in [3.63, 3.8) is 0 Å². The Kier molecular flexibility index (Phi) is 7.11. The zero-order chi connectivity index (χ0) is 20.8. The van der Waals surface area contributed by atoms with Crippen molar-refractivity contribution in [2.45, 2.75) is 53.4 Å². The van der Waals surface area contributed by atoms with Crippen molar-refractivity contribution < 1.29 is 4.40 Å². The van der Waals surface area contributed by atoms with Crippen molar-refractivity contribution in [2.24, 2.45) is 0 Å². The van der Waals surface area contributed by atoms with Gasteiger partial charge in [-0.3, -0.25) is 4.98 Å². The number of aromatic amines is 1. The highest BCUT2D eigenvalue weighted by molar-refractivity contribution is 5.78. The molecule has 0 radical (unpaired) electrons. The molecule has 2 heterocycles. The summed E-state index contributed by atoms with van der Waals surface area (Å²) in [5.74, 6) is 1.14. The molecule has 2 N–H and O–H groups in total. The number of fused-ring (bicyclic) bond motifs is 3. The van der Waals surface area contributed by atoms with Crippen LogP contribution in [0.2, 0.25) is 0 Å². The maximum absolute atomic E-state index is 9.93. The number of para-hydroxylation sites is 2. The van der Waals surface area contributed by atoms with Crippen LogP contribution in [0.3, 0.4) is 0 Å². The van der Waals surface area contributed by atoms with Gasteiger partial charge < -0.3 is 10.2 Å². The van der Waals surface area contributed by atoms with E-state index in [-0.39, 0.29) is 0 Å². The Morgan fingerprint density at radius 3 is 2.59 bits per heavy atom. The third-order valence-corrected chi connectivity index (χ3v) is 5.95. The summed E-state index contributed by atoms with van der Waals surface area (Å²) in [5, 5.41) is 13.7. The molecule has 0 fully saturated rings. The SMILES string of the molecule is CCCCCc1c(C)c(C#N)c2[nH]c3ccccc3[n+]2c1NCCN(CC)CC. The molecule has 3 aromatic rings. The molecule has 0 aliphatic carbocycles. The van der Waals surface area contributed by atoms with Gasteiger partial charge in [0.25, 0.3) is 0 Å². The number of nitrogens with one attached hydrogen (secondary N) is 2. The number of unbranched alkanes of at least 4 members (excludes halogenated alkanes) is 2. The third kappa shape index (κ3) is 4.23. The van der Waals surface area contributed by atoms with Gasteiger partial charge in [0.1, 0.15) is 22.7 Å². The number of likely N-dealkylation sites (N-methyl/N-ethyl adjacent to an activating group) is 1. The monoisotopic (exact) mass is 392 g/mol. The normalized spacial score (nSPS) is 11.4. The molecule has 0 saturated heterocycles. The van der Waals surface area contributed by atoms with Crippen molar-refractivity contribution in [2.75, 3.05) is 31.5 Å². The second kappa shape index (κ2) is 9.76. The van der Waals surface area contributed by atoms with Gasteiger partial charge >= 0.3 is 0 Å². The minimum absolute atomic E-state index is 0.752. The predicted molar refractivity (Wildman–Crippen MR) is 120 cm³/mol. The summed E-state index contributed by atoms with van der Waals surface area (Å²) in [6.07, 6.45) is 4.53.